The molecule has 0 aliphatic carbocycles. The normalized spacial score (nSPS) is 10.5. The first kappa shape index (κ1) is 21.5. The van der Waals surface area contributed by atoms with Crippen molar-refractivity contribution in [2.75, 3.05) is 17.2 Å². The molecule has 5 nitrogen and oxygen atoms in total. The summed E-state index contributed by atoms with van der Waals surface area (Å²) < 4.78 is 5.18. The Morgan fingerprint density at radius 3 is 2.52 bits per heavy atom. The second kappa shape index (κ2) is 9.50. The number of thiophene rings is 1. The van der Waals surface area contributed by atoms with E-state index in [0.29, 0.717) is 36.9 Å². The molecule has 3 aromatic rings. The van der Waals surface area contributed by atoms with Crippen LogP contribution in [-0.2, 0) is 4.74 Å². The Morgan fingerprint density at radius 2 is 1.83 bits per heavy atom. The Bertz CT molecular complexity index is 1070. The van der Waals surface area contributed by atoms with Gasteiger partial charge < -0.3 is 10.1 Å². The lowest BCUT2D eigenvalue weighted by Crippen LogP contribution is -2.20. The Kier molecular flexibility index (Phi) is 7.03. The van der Waals surface area contributed by atoms with Crippen LogP contribution in [0.15, 0.2) is 47.8 Å². The Balaban J connectivity index is 1.91. The van der Waals surface area contributed by atoms with Gasteiger partial charge in [-0.2, -0.15) is 0 Å². The molecule has 0 atom stereocenters. The standard InChI is InChI=1S/C20H15Cl3N2O3S/c1-2-28-19(26)17-14(11-6-7-15(22)16(23)8-11)10-29-18(17)25-20(27)24-13-5-3-4-12(21)9-13/h3-10H,2H2,1H3,(H2,24,25,27). The van der Waals surface area contributed by atoms with Gasteiger partial charge in [0.15, 0.2) is 0 Å². The van der Waals surface area contributed by atoms with Gasteiger partial charge in [0.1, 0.15) is 10.6 Å². The Morgan fingerprint density at radius 1 is 1.03 bits per heavy atom. The topological polar surface area (TPSA) is 67.4 Å². The second-order valence-electron chi connectivity index (χ2n) is 5.79. The number of urea groups is 1. The molecule has 1 heterocycles. The molecular weight excluding hydrogens is 455 g/mol. The second-order valence-corrected chi connectivity index (χ2v) is 7.92. The quantitative estimate of drug-likeness (QED) is 0.388. The monoisotopic (exact) mass is 468 g/mol. The largest absolute Gasteiger partial charge is 0.462 e. The van der Waals surface area contributed by atoms with Crippen LogP contribution in [0.1, 0.15) is 17.3 Å². The summed E-state index contributed by atoms with van der Waals surface area (Å²) in [6, 6.07) is 11.3. The fourth-order valence-electron chi connectivity index (χ4n) is 2.56. The number of anilines is 2. The molecule has 9 heteroatoms. The maximum atomic E-state index is 12.6. The van der Waals surface area contributed by atoms with E-state index in [9.17, 15) is 9.59 Å². The van der Waals surface area contributed by atoms with Gasteiger partial charge in [0.05, 0.1) is 16.7 Å². The first-order valence-electron chi connectivity index (χ1n) is 8.46. The smallest absolute Gasteiger partial charge is 0.341 e. The number of nitrogens with one attached hydrogen (secondary N) is 2. The summed E-state index contributed by atoms with van der Waals surface area (Å²) >= 11 is 19.2. The number of carbonyl (C=O) groups excluding carboxylic acids is 2. The molecule has 0 bridgehead atoms. The van der Waals surface area contributed by atoms with Crippen molar-refractivity contribution in [1.29, 1.82) is 0 Å². The molecule has 150 valence electrons. The molecule has 2 N–H and O–H groups in total. The highest BCUT2D eigenvalue weighted by Crippen LogP contribution is 2.38. The zero-order chi connectivity index (χ0) is 21.0. The maximum absolute atomic E-state index is 12.6. The molecule has 0 aliphatic rings. The lowest BCUT2D eigenvalue weighted by molar-refractivity contribution is 0.0529. The van der Waals surface area contributed by atoms with Gasteiger partial charge in [0.2, 0.25) is 0 Å². The maximum Gasteiger partial charge on any atom is 0.341 e. The van der Waals surface area contributed by atoms with Crippen molar-refractivity contribution in [3.05, 3.63) is 68.5 Å². The van der Waals surface area contributed by atoms with E-state index in [1.54, 1.807) is 54.8 Å². The van der Waals surface area contributed by atoms with E-state index >= 15 is 0 Å². The van der Waals surface area contributed by atoms with Gasteiger partial charge in [0.25, 0.3) is 0 Å². The molecule has 2 amide bonds. The van der Waals surface area contributed by atoms with Gasteiger partial charge in [-0.3, -0.25) is 5.32 Å². The van der Waals surface area contributed by atoms with Crippen molar-refractivity contribution in [3.8, 4) is 11.1 Å². The van der Waals surface area contributed by atoms with Crippen LogP contribution < -0.4 is 10.6 Å². The van der Waals surface area contributed by atoms with Crippen molar-refractivity contribution in [2.24, 2.45) is 0 Å². The molecule has 0 aliphatic heterocycles. The number of carbonyl (C=O) groups is 2. The summed E-state index contributed by atoms with van der Waals surface area (Å²) in [7, 11) is 0. The summed E-state index contributed by atoms with van der Waals surface area (Å²) in [6.07, 6.45) is 0. The third-order valence-corrected chi connectivity index (χ3v) is 5.68. The highest BCUT2D eigenvalue weighted by Gasteiger charge is 2.23. The summed E-state index contributed by atoms with van der Waals surface area (Å²) in [5.74, 6) is -0.548. The molecule has 3 rings (SSSR count). The van der Waals surface area contributed by atoms with Crippen molar-refractivity contribution in [3.63, 3.8) is 0 Å². The number of benzene rings is 2. The highest BCUT2D eigenvalue weighted by molar-refractivity contribution is 7.15. The summed E-state index contributed by atoms with van der Waals surface area (Å²) in [4.78, 5) is 25.0. The minimum absolute atomic E-state index is 0.198. The minimum Gasteiger partial charge on any atom is -0.462 e. The Labute approximate surface area is 186 Å². The lowest BCUT2D eigenvalue weighted by Gasteiger charge is -2.10. The number of amides is 2. The highest BCUT2D eigenvalue weighted by atomic mass is 35.5. The van der Waals surface area contributed by atoms with Crippen LogP contribution in [0.4, 0.5) is 15.5 Å². The van der Waals surface area contributed by atoms with Gasteiger partial charge in [-0.25, -0.2) is 9.59 Å². The van der Waals surface area contributed by atoms with Crippen LogP contribution in [0.3, 0.4) is 0 Å². The van der Waals surface area contributed by atoms with Crippen molar-refractivity contribution in [2.45, 2.75) is 6.92 Å². The van der Waals surface area contributed by atoms with E-state index in [4.69, 9.17) is 39.5 Å². The van der Waals surface area contributed by atoms with Gasteiger partial charge in [0, 0.05) is 21.7 Å². The zero-order valence-corrected chi connectivity index (χ0v) is 18.2. The van der Waals surface area contributed by atoms with Gasteiger partial charge in [-0.1, -0.05) is 46.9 Å². The first-order chi connectivity index (χ1) is 13.9. The van der Waals surface area contributed by atoms with Crippen LogP contribution in [-0.4, -0.2) is 18.6 Å². The van der Waals surface area contributed by atoms with E-state index < -0.39 is 12.0 Å². The van der Waals surface area contributed by atoms with E-state index in [0.717, 1.165) is 0 Å². The predicted octanol–water partition coefficient (Wildman–Crippen LogP) is 7.20. The Hall–Kier alpha value is -2.25. The molecule has 0 spiro atoms. The number of halogens is 3. The fraction of sp³-hybridized carbons (Fsp3) is 0.100. The average molecular weight is 470 g/mol. The molecule has 0 fully saturated rings. The van der Waals surface area contributed by atoms with Gasteiger partial charge in [-0.05, 0) is 42.8 Å². The van der Waals surface area contributed by atoms with Crippen molar-refractivity contribution >= 4 is 68.8 Å². The van der Waals surface area contributed by atoms with Crippen LogP contribution >= 0.6 is 46.1 Å². The first-order valence-corrected chi connectivity index (χ1v) is 10.5. The molecule has 1 aromatic heterocycles. The predicted molar refractivity (Wildman–Crippen MR) is 120 cm³/mol. The molecular formula is C20H15Cl3N2O3S. The number of rotatable bonds is 5. The fourth-order valence-corrected chi connectivity index (χ4v) is 4.00. The van der Waals surface area contributed by atoms with E-state index in [1.807, 2.05) is 0 Å². The van der Waals surface area contributed by atoms with E-state index in [2.05, 4.69) is 10.6 Å². The van der Waals surface area contributed by atoms with Crippen molar-refractivity contribution < 1.29 is 14.3 Å². The molecule has 0 saturated heterocycles. The molecule has 0 radical (unpaired) electrons. The third-order valence-electron chi connectivity index (χ3n) is 3.81. The summed E-state index contributed by atoms with van der Waals surface area (Å²) in [5, 5.41) is 8.74. The number of esters is 1. The van der Waals surface area contributed by atoms with Crippen LogP contribution in [0.2, 0.25) is 15.1 Å². The van der Waals surface area contributed by atoms with Gasteiger partial charge in [-0.15, -0.1) is 11.3 Å². The molecule has 0 unspecified atom stereocenters. The zero-order valence-electron chi connectivity index (χ0n) is 15.1. The van der Waals surface area contributed by atoms with Crippen LogP contribution in [0.25, 0.3) is 11.1 Å². The average Bonchev–Trinajstić information content (AvgIpc) is 3.07. The van der Waals surface area contributed by atoms with E-state index in [-0.39, 0.29) is 12.2 Å². The molecule has 29 heavy (non-hydrogen) atoms. The number of hydrogen-bond donors (Lipinski definition) is 2. The lowest BCUT2D eigenvalue weighted by atomic mass is 10.0. The van der Waals surface area contributed by atoms with Gasteiger partial charge >= 0.3 is 12.0 Å². The van der Waals surface area contributed by atoms with E-state index in [1.165, 1.54) is 11.3 Å². The summed E-state index contributed by atoms with van der Waals surface area (Å²) in [6.45, 7) is 1.91. The van der Waals surface area contributed by atoms with Crippen LogP contribution in [0, 0.1) is 0 Å². The molecule has 2 aromatic carbocycles. The van der Waals surface area contributed by atoms with Crippen LogP contribution in [0.5, 0.6) is 0 Å². The number of hydrogen-bond acceptors (Lipinski definition) is 4. The molecule has 0 saturated carbocycles. The minimum atomic E-state index is -0.548. The van der Waals surface area contributed by atoms with Crippen molar-refractivity contribution in [1.82, 2.24) is 0 Å². The SMILES string of the molecule is CCOC(=O)c1c(-c2ccc(Cl)c(Cl)c2)csc1NC(=O)Nc1cccc(Cl)c1. The summed E-state index contributed by atoms with van der Waals surface area (Å²) in [5.41, 5.74) is 2.04. The number of ether oxygens (including phenoxy) is 1. The third kappa shape index (κ3) is 5.22.